The number of imide groups is 1. The van der Waals surface area contributed by atoms with Gasteiger partial charge < -0.3 is 0 Å². The number of hydrogen-bond donors (Lipinski definition) is 0. The summed E-state index contributed by atoms with van der Waals surface area (Å²) in [6.45, 7) is 0.287. The first-order chi connectivity index (χ1) is 6.66. The fourth-order valence-corrected chi connectivity index (χ4v) is 2.74. The Morgan fingerprint density at radius 3 is 2.86 bits per heavy atom. The highest BCUT2D eigenvalue weighted by molar-refractivity contribution is 8.14. The predicted molar refractivity (Wildman–Crippen MR) is 55.5 cm³/mol. The lowest BCUT2D eigenvalue weighted by atomic mass is 10.5. The van der Waals surface area contributed by atoms with Gasteiger partial charge in [0.05, 0.1) is 12.3 Å². The van der Waals surface area contributed by atoms with E-state index in [1.165, 1.54) is 16.2 Å². The number of carbonyl (C=O) groups is 2. The maximum Gasteiger partial charge on any atom is 0.289 e. The Morgan fingerprint density at radius 1 is 1.57 bits per heavy atom. The first-order valence-corrected chi connectivity index (χ1v) is 5.92. The summed E-state index contributed by atoms with van der Waals surface area (Å²) in [5.74, 6) is 0.0928. The first-order valence-electron chi connectivity index (χ1n) is 3.74. The summed E-state index contributed by atoms with van der Waals surface area (Å²) in [6.07, 6.45) is 1.58. The van der Waals surface area contributed by atoms with Gasteiger partial charge in [0.1, 0.15) is 0 Å². The smallest absolute Gasteiger partial charge is 0.273 e. The molecule has 0 spiro atoms. The second kappa shape index (κ2) is 3.88. The Balaban J connectivity index is 2.10. The Hall–Kier alpha value is -0.590. The van der Waals surface area contributed by atoms with Crippen LogP contribution in [0.25, 0.3) is 0 Å². The fourth-order valence-electron chi connectivity index (χ4n) is 1.05. The van der Waals surface area contributed by atoms with Gasteiger partial charge >= 0.3 is 0 Å². The van der Waals surface area contributed by atoms with E-state index in [1.807, 2.05) is 0 Å². The van der Waals surface area contributed by atoms with Crippen molar-refractivity contribution in [3.05, 3.63) is 15.5 Å². The largest absolute Gasteiger partial charge is 0.289 e. The number of amides is 2. The Bertz CT molecular complexity index is 377. The zero-order valence-electron chi connectivity index (χ0n) is 6.90. The zero-order valence-corrected chi connectivity index (χ0v) is 9.29. The van der Waals surface area contributed by atoms with Crippen LogP contribution in [-0.2, 0) is 11.3 Å². The molecule has 14 heavy (non-hydrogen) atoms. The van der Waals surface area contributed by atoms with Crippen LogP contribution in [0.15, 0.2) is 6.20 Å². The second-order valence-electron chi connectivity index (χ2n) is 2.61. The molecule has 0 radical (unpaired) electrons. The number of nitrogens with zero attached hydrogens (tertiary/aromatic N) is 2. The Morgan fingerprint density at radius 2 is 2.36 bits per heavy atom. The lowest BCUT2D eigenvalue weighted by Crippen LogP contribution is -2.27. The molecule has 1 aliphatic heterocycles. The van der Waals surface area contributed by atoms with Gasteiger partial charge in [-0.1, -0.05) is 23.4 Å². The van der Waals surface area contributed by atoms with Gasteiger partial charge in [0, 0.05) is 11.1 Å². The number of aromatic nitrogens is 1. The molecule has 4 nitrogen and oxygen atoms in total. The molecule has 2 heterocycles. The Labute approximate surface area is 93.3 Å². The van der Waals surface area contributed by atoms with Gasteiger partial charge in [-0.15, -0.1) is 11.3 Å². The molecule has 0 unspecified atom stereocenters. The van der Waals surface area contributed by atoms with Gasteiger partial charge in [0.2, 0.25) is 5.91 Å². The summed E-state index contributed by atoms with van der Waals surface area (Å²) < 4.78 is 0.423. The molecule has 0 atom stereocenters. The molecule has 0 aliphatic carbocycles. The minimum atomic E-state index is -0.195. The van der Waals surface area contributed by atoms with Crippen molar-refractivity contribution in [2.24, 2.45) is 0 Å². The summed E-state index contributed by atoms with van der Waals surface area (Å²) in [5, 5.41) is -0.195. The minimum absolute atomic E-state index is 0.149. The minimum Gasteiger partial charge on any atom is -0.273 e. The van der Waals surface area contributed by atoms with Crippen molar-refractivity contribution < 1.29 is 9.59 Å². The van der Waals surface area contributed by atoms with E-state index < -0.39 is 0 Å². The molecule has 1 aromatic heterocycles. The van der Waals surface area contributed by atoms with Gasteiger partial charge in [-0.3, -0.25) is 14.5 Å². The van der Waals surface area contributed by atoms with Crippen molar-refractivity contribution in [2.75, 3.05) is 5.75 Å². The van der Waals surface area contributed by atoms with E-state index in [2.05, 4.69) is 4.98 Å². The second-order valence-corrected chi connectivity index (χ2v) is 5.24. The highest BCUT2D eigenvalue weighted by Crippen LogP contribution is 2.24. The molecule has 1 fully saturated rings. The van der Waals surface area contributed by atoms with E-state index in [9.17, 15) is 9.59 Å². The van der Waals surface area contributed by atoms with Crippen LogP contribution in [0.2, 0.25) is 4.47 Å². The first kappa shape index (κ1) is 9.95. The summed E-state index contributed by atoms with van der Waals surface area (Å²) in [4.78, 5) is 28.3. The summed E-state index contributed by atoms with van der Waals surface area (Å²) >= 11 is 7.94. The summed E-state index contributed by atoms with van der Waals surface area (Å²) in [6, 6.07) is 0. The van der Waals surface area contributed by atoms with Crippen molar-refractivity contribution in [3.63, 3.8) is 0 Å². The third kappa shape index (κ3) is 1.92. The molecule has 0 N–H and O–H groups in total. The molecule has 2 rings (SSSR count). The number of thiazole rings is 1. The van der Waals surface area contributed by atoms with Crippen LogP contribution in [0, 0.1) is 0 Å². The monoisotopic (exact) mass is 248 g/mol. The van der Waals surface area contributed by atoms with Gasteiger partial charge in [0.15, 0.2) is 4.47 Å². The maximum absolute atomic E-state index is 11.2. The molecular weight excluding hydrogens is 244 g/mol. The van der Waals surface area contributed by atoms with Crippen LogP contribution in [0.3, 0.4) is 0 Å². The number of halogens is 1. The number of thioether (sulfide) groups is 1. The molecule has 7 heteroatoms. The lowest BCUT2D eigenvalue weighted by Gasteiger charge is -2.09. The quantitative estimate of drug-likeness (QED) is 0.803. The molecule has 0 aromatic carbocycles. The predicted octanol–water partition coefficient (Wildman–Crippen LogP) is 1.99. The Kier molecular flexibility index (Phi) is 2.76. The van der Waals surface area contributed by atoms with E-state index in [0.29, 0.717) is 4.47 Å². The fraction of sp³-hybridized carbons (Fsp3) is 0.286. The normalized spacial score (nSPS) is 16.8. The van der Waals surface area contributed by atoms with Crippen molar-refractivity contribution in [2.45, 2.75) is 6.54 Å². The van der Waals surface area contributed by atoms with Crippen LogP contribution in [0.5, 0.6) is 0 Å². The van der Waals surface area contributed by atoms with E-state index in [1.54, 1.807) is 6.20 Å². The third-order valence-corrected chi connectivity index (χ3v) is 3.64. The van der Waals surface area contributed by atoms with E-state index >= 15 is 0 Å². The molecule has 74 valence electrons. The van der Waals surface area contributed by atoms with Crippen molar-refractivity contribution in [1.29, 1.82) is 0 Å². The number of carbonyl (C=O) groups excluding carboxylic acids is 2. The molecule has 1 saturated heterocycles. The van der Waals surface area contributed by atoms with Crippen molar-refractivity contribution in [1.82, 2.24) is 9.88 Å². The molecule has 0 saturated carbocycles. The standard InChI is InChI=1S/C7H5ClN2O2S2/c8-6-9-1-4(14-6)2-10-5(11)3-13-7(10)12/h1H,2-3H2. The average molecular weight is 249 g/mol. The lowest BCUT2D eigenvalue weighted by molar-refractivity contribution is -0.124. The van der Waals surface area contributed by atoms with Gasteiger partial charge in [0.25, 0.3) is 5.24 Å². The van der Waals surface area contributed by atoms with Crippen LogP contribution in [-0.4, -0.2) is 26.8 Å². The molecular formula is C7H5ClN2O2S2. The molecule has 1 aliphatic rings. The van der Waals surface area contributed by atoms with Gasteiger partial charge in [-0.05, 0) is 0 Å². The third-order valence-electron chi connectivity index (χ3n) is 1.68. The molecule has 1 aromatic rings. The van der Waals surface area contributed by atoms with Crippen LogP contribution in [0.1, 0.15) is 4.88 Å². The maximum atomic E-state index is 11.2. The summed E-state index contributed by atoms with van der Waals surface area (Å²) in [5.41, 5.74) is 0. The zero-order chi connectivity index (χ0) is 10.1. The van der Waals surface area contributed by atoms with Crippen molar-refractivity contribution >= 4 is 45.8 Å². The summed E-state index contributed by atoms with van der Waals surface area (Å²) in [7, 11) is 0. The average Bonchev–Trinajstić information content (AvgIpc) is 2.67. The van der Waals surface area contributed by atoms with Crippen LogP contribution >= 0.6 is 34.7 Å². The van der Waals surface area contributed by atoms with Gasteiger partial charge in [-0.2, -0.15) is 0 Å². The number of rotatable bonds is 2. The SMILES string of the molecule is O=C1CSC(=O)N1Cc1cnc(Cl)s1. The van der Waals surface area contributed by atoms with Crippen LogP contribution < -0.4 is 0 Å². The van der Waals surface area contributed by atoms with E-state index in [0.717, 1.165) is 16.6 Å². The molecule has 2 amide bonds. The highest BCUT2D eigenvalue weighted by Gasteiger charge is 2.30. The van der Waals surface area contributed by atoms with E-state index in [-0.39, 0.29) is 23.4 Å². The number of hydrogen-bond acceptors (Lipinski definition) is 5. The van der Waals surface area contributed by atoms with Gasteiger partial charge in [-0.25, -0.2) is 4.98 Å². The topological polar surface area (TPSA) is 50.3 Å². The van der Waals surface area contributed by atoms with E-state index in [4.69, 9.17) is 11.6 Å². The van der Waals surface area contributed by atoms with Crippen LogP contribution in [0.4, 0.5) is 4.79 Å². The highest BCUT2D eigenvalue weighted by atomic mass is 35.5. The molecule has 0 bridgehead atoms. The van der Waals surface area contributed by atoms with Crippen molar-refractivity contribution in [3.8, 4) is 0 Å².